The van der Waals surface area contributed by atoms with Crippen LogP contribution in [0.1, 0.15) is 27.7 Å². The van der Waals surface area contributed by atoms with E-state index in [0.717, 1.165) is 27.7 Å². The molecule has 0 aromatic carbocycles. The Bertz CT molecular complexity index is 521. The minimum atomic E-state index is -2.56. The van der Waals surface area contributed by atoms with Crippen LogP contribution in [0, 0.1) is 0 Å². The van der Waals surface area contributed by atoms with E-state index in [9.17, 15) is 28.8 Å². The summed E-state index contributed by atoms with van der Waals surface area (Å²) in [4.78, 5) is 70.6. The summed E-state index contributed by atoms with van der Waals surface area (Å²) < 4.78 is 0. The summed E-state index contributed by atoms with van der Waals surface area (Å²) in [6.45, 7) is 3.66. The lowest BCUT2D eigenvalue weighted by Gasteiger charge is -2.27. The van der Waals surface area contributed by atoms with E-state index in [-0.39, 0.29) is 9.80 Å². The Hall–Kier alpha value is -2.38. The van der Waals surface area contributed by atoms with Crippen molar-refractivity contribution in [3.8, 4) is 0 Å². The number of imide groups is 4. The molecule has 1 rings (SSSR count). The number of urea groups is 1. The summed E-state index contributed by atoms with van der Waals surface area (Å²) in [5.74, 6) is -5.21. The standard InChI is InChI=1S/C11H12N2O6/c1-5(14)11(6(2)15)9(18)12(7(3)16)10(19)13(11)8(4)17/h1-4H3. The van der Waals surface area contributed by atoms with Gasteiger partial charge in [0.2, 0.25) is 17.4 Å². The maximum Gasteiger partial charge on any atom is 0.342 e. The Morgan fingerprint density at radius 2 is 1.26 bits per heavy atom. The highest BCUT2D eigenvalue weighted by molar-refractivity contribution is 6.39. The first-order chi connectivity index (χ1) is 8.59. The van der Waals surface area contributed by atoms with Gasteiger partial charge >= 0.3 is 6.03 Å². The SMILES string of the molecule is CC(=O)N1C(=O)N(C(C)=O)C(C(C)=O)(C(C)=O)C1=O. The Labute approximate surface area is 108 Å². The molecule has 0 atom stereocenters. The van der Waals surface area contributed by atoms with E-state index in [1.54, 1.807) is 0 Å². The van der Waals surface area contributed by atoms with Crippen LogP contribution >= 0.6 is 0 Å². The third-order valence-electron chi connectivity index (χ3n) is 2.88. The van der Waals surface area contributed by atoms with Gasteiger partial charge in [0, 0.05) is 13.8 Å². The summed E-state index contributed by atoms with van der Waals surface area (Å²) in [7, 11) is 0. The minimum absolute atomic E-state index is 0.129. The average Bonchev–Trinajstić information content (AvgIpc) is 2.46. The van der Waals surface area contributed by atoms with E-state index in [1.165, 1.54) is 0 Å². The first-order valence-electron chi connectivity index (χ1n) is 5.32. The van der Waals surface area contributed by atoms with Crippen LogP contribution < -0.4 is 0 Å². The lowest BCUT2D eigenvalue weighted by atomic mass is 9.88. The molecule has 1 heterocycles. The van der Waals surface area contributed by atoms with E-state index in [1.807, 2.05) is 0 Å². The van der Waals surface area contributed by atoms with Crippen molar-refractivity contribution >= 4 is 35.3 Å². The van der Waals surface area contributed by atoms with Crippen LogP contribution in [-0.4, -0.2) is 50.7 Å². The van der Waals surface area contributed by atoms with Crippen LogP contribution in [0.4, 0.5) is 4.79 Å². The summed E-state index contributed by atoms with van der Waals surface area (Å²) in [5, 5.41) is 0. The van der Waals surface area contributed by atoms with Gasteiger partial charge in [0.15, 0.2) is 11.6 Å². The first kappa shape index (κ1) is 14.7. The number of Topliss-reactive ketones (excluding diaryl/α,β-unsaturated/α-hetero) is 2. The molecule has 0 saturated carbocycles. The van der Waals surface area contributed by atoms with Crippen molar-refractivity contribution < 1.29 is 28.8 Å². The van der Waals surface area contributed by atoms with Crippen molar-refractivity contribution in [1.82, 2.24) is 9.80 Å². The summed E-state index contributed by atoms with van der Waals surface area (Å²) in [6.07, 6.45) is 0. The van der Waals surface area contributed by atoms with Gasteiger partial charge in [0.05, 0.1) is 0 Å². The molecule has 5 amide bonds. The van der Waals surface area contributed by atoms with Crippen molar-refractivity contribution in [3.05, 3.63) is 0 Å². The number of carbonyl (C=O) groups excluding carboxylic acids is 6. The van der Waals surface area contributed by atoms with Crippen LogP contribution in [0.3, 0.4) is 0 Å². The van der Waals surface area contributed by atoms with Crippen molar-refractivity contribution in [2.24, 2.45) is 0 Å². The molecule has 0 spiro atoms. The molecule has 102 valence electrons. The molecule has 19 heavy (non-hydrogen) atoms. The quantitative estimate of drug-likeness (QED) is 0.482. The predicted octanol–water partition coefficient (Wildman–Crippen LogP) is -0.740. The van der Waals surface area contributed by atoms with Gasteiger partial charge in [0.1, 0.15) is 0 Å². The predicted molar refractivity (Wildman–Crippen MR) is 59.5 cm³/mol. The highest BCUT2D eigenvalue weighted by Crippen LogP contribution is 2.30. The molecule has 0 radical (unpaired) electrons. The minimum Gasteiger partial charge on any atom is -0.296 e. The molecule has 8 nitrogen and oxygen atoms in total. The van der Waals surface area contributed by atoms with Gasteiger partial charge in [-0.15, -0.1) is 0 Å². The Kier molecular flexibility index (Phi) is 3.38. The number of hydrogen-bond acceptors (Lipinski definition) is 6. The number of nitrogens with zero attached hydrogens (tertiary/aromatic N) is 2. The second kappa shape index (κ2) is 4.38. The van der Waals surface area contributed by atoms with Gasteiger partial charge in [0.25, 0.3) is 5.91 Å². The smallest absolute Gasteiger partial charge is 0.296 e. The molecular weight excluding hydrogens is 256 g/mol. The molecule has 1 aliphatic heterocycles. The monoisotopic (exact) mass is 268 g/mol. The highest BCUT2D eigenvalue weighted by atomic mass is 16.2. The van der Waals surface area contributed by atoms with E-state index >= 15 is 0 Å². The Morgan fingerprint density at radius 1 is 0.842 bits per heavy atom. The van der Waals surface area contributed by atoms with Crippen molar-refractivity contribution in [2.45, 2.75) is 33.2 Å². The largest absolute Gasteiger partial charge is 0.342 e. The molecular formula is C11H12N2O6. The van der Waals surface area contributed by atoms with Crippen molar-refractivity contribution in [1.29, 1.82) is 0 Å². The zero-order chi connectivity index (χ0) is 15.1. The third-order valence-corrected chi connectivity index (χ3v) is 2.88. The maximum absolute atomic E-state index is 12.1. The van der Waals surface area contributed by atoms with Crippen molar-refractivity contribution in [3.63, 3.8) is 0 Å². The zero-order valence-corrected chi connectivity index (χ0v) is 10.8. The van der Waals surface area contributed by atoms with Gasteiger partial charge in [-0.05, 0) is 13.8 Å². The fraction of sp³-hybridized carbons (Fsp3) is 0.455. The number of carbonyl (C=O) groups is 6. The summed E-state index contributed by atoms with van der Waals surface area (Å²) >= 11 is 0. The van der Waals surface area contributed by atoms with E-state index in [0.29, 0.717) is 0 Å². The van der Waals surface area contributed by atoms with Crippen LogP contribution in [0.15, 0.2) is 0 Å². The fourth-order valence-electron chi connectivity index (χ4n) is 2.10. The maximum atomic E-state index is 12.1. The van der Waals surface area contributed by atoms with Crippen LogP contribution in [0.25, 0.3) is 0 Å². The average molecular weight is 268 g/mol. The van der Waals surface area contributed by atoms with E-state index in [2.05, 4.69) is 0 Å². The molecule has 0 aromatic rings. The third kappa shape index (κ3) is 1.67. The molecule has 0 aliphatic carbocycles. The Morgan fingerprint density at radius 3 is 1.47 bits per heavy atom. The number of ketones is 2. The van der Waals surface area contributed by atoms with Crippen LogP contribution in [0.2, 0.25) is 0 Å². The summed E-state index contributed by atoms with van der Waals surface area (Å²) in [6, 6.07) is -1.28. The number of hydrogen-bond donors (Lipinski definition) is 0. The Balaban J connectivity index is 3.67. The van der Waals surface area contributed by atoms with Crippen molar-refractivity contribution in [2.75, 3.05) is 0 Å². The van der Waals surface area contributed by atoms with E-state index in [4.69, 9.17) is 0 Å². The van der Waals surface area contributed by atoms with Gasteiger partial charge in [-0.1, -0.05) is 0 Å². The number of rotatable bonds is 2. The van der Waals surface area contributed by atoms with E-state index < -0.39 is 40.9 Å². The van der Waals surface area contributed by atoms with Crippen LogP contribution in [0.5, 0.6) is 0 Å². The fourth-order valence-corrected chi connectivity index (χ4v) is 2.10. The van der Waals surface area contributed by atoms with Gasteiger partial charge in [-0.2, -0.15) is 4.90 Å². The first-order valence-corrected chi connectivity index (χ1v) is 5.32. The van der Waals surface area contributed by atoms with Gasteiger partial charge in [-0.3, -0.25) is 24.0 Å². The zero-order valence-electron chi connectivity index (χ0n) is 10.8. The number of amides is 5. The highest BCUT2D eigenvalue weighted by Gasteiger charge is 2.66. The van der Waals surface area contributed by atoms with Gasteiger partial charge < -0.3 is 0 Å². The molecule has 1 aliphatic rings. The summed E-state index contributed by atoms with van der Waals surface area (Å²) in [5.41, 5.74) is -2.56. The molecule has 0 unspecified atom stereocenters. The second-order valence-corrected chi connectivity index (χ2v) is 4.12. The lowest BCUT2D eigenvalue weighted by molar-refractivity contribution is -0.153. The van der Waals surface area contributed by atoms with Crippen LogP contribution in [-0.2, 0) is 24.0 Å². The second-order valence-electron chi connectivity index (χ2n) is 4.12. The molecule has 0 bridgehead atoms. The normalized spacial score (nSPS) is 17.7. The topological polar surface area (TPSA) is 109 Å². The molecule has 1 saturated heterocycles. The molecule has 0 N–H and O–H groups in total. The molecule has 8 heteroatoms. The molecule has 0 aromatic heterocycles. The lowest BCUT2D eigenvalue weighted by Crippen LogP contribution is -2.61. The van der Waals surface area contributed by atoms with Gasteiger partial charge in [-0.25, -0.2) is 9.69 Å². The molecule has 1 fully saturated rings.